The van der Waals surface area contributed by atoms with Crippen molar-refractivity contribution in [1.29, 1.82) is 0 Å². The maximum atomic E-state index is 2.47. The molecule has 0 aliphatic heterocycles. The Balaban J connectivity index is 1.31. The summed E-state index contributed by atoms with van der Waals surface area (Å²) in [5, 5.41) is 7.35. The van der Waals surface area contributed by atoms with Crippen molar-refractivity contribution in [3.63, 3.8) is 0 Å². The van der Waals surface area contributed by atoms with Gasteiger partial charge >= 0.3 is 0 Å². The van der Waals surface area contributed by atoms with E-state index in [1.54, 1.807) is 0 Å². The van der Waals surface area contributed by atoms with Crippen LogP contribution >= 0.6 is 0 Å². The number of benzene rings is 8. The highest BCUT2D eigenvalue weighted by Crippen LogP contribution is 2.45. The van der Waals surface area contributed by atoms with Gasteiger partial charge in [-0.1, -0.05) is 133 Å². The molecule has 2 nitrogen and oxygen atoms in total. The van der Waals surface area contributed by atoms with Gasteiger partial charge < -0.3 is 9.80 Å². The number of anilines is 5. The van der Waals surface area contributed by atoms with Crippen LogP contribution in [0.3, 0.4) is 0 Å². The molecule has 8 aromatic rings. The molecule has 0 saturated heterocycles. The van der Waals surface area contributed by atoms with E-state index in [0.717, 1.165) is 28.4 Å². The van der Waals surface area contributed by atoms with Gasteiger partial charge in [0.05, 0.1) is 16.9 Å². The van der Waals surface area contributed by atoms with E-state index in [2.05, 4.69) is 206 Å². The quantitative estimate of drug-likeness (QED) is 0.179. The highest BCUT2D eigenvalue weighted by atomic mass is 15.2. The molecule has 0 radical (unpaired) electrons. The zero-order valence-electron chi connectivity index (χ0n) is 26.7. The Bertz CT molecular complexity index is 2250. The monoisotopic (exact) mass is 604 g/mol. The van der Waals surface area contributed by atoms with Gasteiger partial charge in [0, 0.05) is 27.8 Å². The van der Waals surface area contributed by atoms with Gasteiger partial charge in [-0.05, 0) is 89.5 Å². The molecule has 8 rings (SSSR count). The predicted octanol–water partition coefficient (Wildman–Crippen LogP) is 12.7. The van der Waals surface area contributed by atoms with Crippen LogP contribution in [0.4, 0.5) is 28.4 Å². The maximum absolute atomic E-state index is 2.47. The SMILES string of the molecule is CC(C)(c1ccccc1)N(c1ccc(N(c2cccc3ccccc23)c2cccc3ccccc23)cc1)c1ccc2ccccc2c1. The zero-order chi connectivity index (χ0) is 31.8. The number of rotatable bonds is 7. The lowest BCUT2D eigenvalue weighted by molar-refractivity contribution is 0.536. The first-order valence-corrected chi connectivity index (χ1v) is 16.3. The van der Waals surface area contributed by atoms with Gasteiger partial charge in [0.25, 0.3) is 0 Å². The molecule has 0 aromatic heterocycles. The molecule has 0 N–H and O–H groups in total. The van der Waals surface area contributed by atoms with Crippen molar-refractivity contribution < 1.29 is 0 Å². The second-order valence-electron chi connectivity index (χ2n) is 12.6. The summed E-state index contributed by atoms with van der Waals surface area (Å²) in [6, 6.07) is 65.8. The third kappa shape index (κ3) is 5.18. The summed E-state index contributed by atoms with van der Waals surface area (Å²) in [5.41, 5.74) is 6.64. The lowest BCUT2D eigenvalue weighted by Crippen LogP contribution is -2.38. The largest absolute Gasteiger partial charge is 0.332 e. The molecule has 0 unspecified atom stereocenters. The van der Waals surface area contributed by atoms with Gasteiger partial charge in [0.2, 0.25) is 0 Å². The highest BCUT2D eigenvalue weighted by Gasteiger charge is 2.31. The third-order valence-electron chi connectivity index (χ3n) is 9.41. The molecule has 0 bridgehead atoms. The lowest BCUT2D eigenvalue weighted by atomic mass is 9.90. The molecule has 0 fully saturated rings. The summed E-state index contributed by atoms with van der Waals surface area (Å²) in [5.74, 6) is 0. The van der Waals surface area contributed by atoms with Crippen LogP contribution in [-0.4, -0.2) is 0 Å². The Morgan fingerprint density at radius 1 is 0.362 bits per heavy atom. The minimum atomic E-state index is -0.323. The Morgan fingerprint density at radius 2 is 0.830 bits per heavy atom. The summed E-state index contributed by atoms with van der Waals surface area (Å²) in [6.45, 7) is 4.62. The number of nitrogens with zero attached hydrogens (tertiary/aromatic N) is 2. The van der Waals surface area contributed by atoms with Gasteiger partial charge in [0.15, 0.2) is 0 Å². The van der Waals surface area contributed by atoms with Gasteiger partial charge in [-0.3, -0.25) is 0 Å². The fourth-order valence-electron chi connectivity index (χ4n) is 7.05. The average Bonchev–Trinajstić information content (AvgIpc) is 3.13. The minimum Gasteiger partial charge on any atom is -0.332 e. The molecule has 0 atom stereocenters. The molecule has 0 aliphatic rings. The Morgan fingerprint density at radius 3 is 1.45 bits per heavy atom. The summed E-state index contributed by atoms with van der Waals surface area (Å²) in [4.78, 5) is 4.88. The van der Waals surface area contributed by atoms with E-state index in [0.29, 0.717) is 0 Å². The first kappa shape index (κ1) is 28.6. The van der Waals surface area contributed by atoms with E-state index >= 15 is 0 Å². The molecule has 0 aliphatic carbocycles. The van der Waals surface area contributed by atoms with Crippen molar-refractivity contribution in [2.24, 2.45) is 0 Å². The van der Waals surface area contributed by atoms with Crippen LogP contribution in [0.2, 0.25) is 0 Å². The Kier molecular flexibility index (Phi) is 7.19. The van der Waals surface area contributed by atoms with Crippen LogP contribution in [-0.2, 0) is 5.54 Å². The molecule has 2 heteroatoms. The van der Waals surface area contributed by atoms with Crippen molar-refractivity contribution in [3.05, 3.63) is 188 Å². The van der Waals surface area contributed by atoms with E-state index in [4.69, 9.17) is 0 Å². The van der Waals surface area contributed by atoms with E-state index in [1.165, 1.54) is 37.9 Å². The molecular weight excluding hydrogens is 569 g/mol. The second kappa shape index (κ2) is 11.8. The van der Waals surface area contributed by atoms with Gasteiger partial charge in [-0.2, -0.15) is 0 Å². The van der Waals surface area contributed by atoms with Crippen molar-refractivity contribution in [2.75, 3.05) is 9.80 Å². The molecule has 226 valence electrons. The van der Waals surface area contributed by atoms with Crippen molar-refractivity contribution in [2.45, 2.75) is 19.4 Å². The van der Waals surface area contributed by atoms with Crippen LogP contribution in [0, 0.1) is 0 Å². The number of fused-ring (bicyclic) bond motifs is 3. The van der Waals surface area contributed by atoms with Crippen LogP contribution in [0.25, 0.3) is 32.3 Å². The zero-order valence-corrected chi connectivity index (χ0v) is 26.7. The fraction of sp³-hybridized carbons (Fsp3) is 0.0667. The van der Waals surface area contributed by atoms with Crippen LogP contribution in [0.15, 0.2) is 182 Å². The van der Waals surface area contributed by atoms with Gasteiger partial charge in [0.1, 0.15) is 0 Å². The maximum Gasteiger partial charge on any atom is 0.0646 e. The number of hydrogen-bond acceptors (Lipinski definition) is 2. The standard InChI is InChI=1S/C45H36N2/c1-45(2,37-20-4-3-5-21-37)47(40-27-26-33-14-6-7-17-36(33)32-40)39-30-28-38(29-31-39)46(43-24-12-18-34-15-8-10-22-41(34)43)44-25-13-19-35-16-9-11-23-42(35)44/h3-32H,1-2H3. The molecule has 0 spiro atoms. The van der Waals surface area contributed by atoms with Crippen LogP contribution in [0.1, 0.15) is 19.4 Å². The lowest BCUT2D eigenvalue weighted by Gasteiger charge is -2.41. The molecule has 0 amide bonds. The molecule has 0 heterocycles. The second-order valence-corrected chi connectivity index (χ2v) is 12.6. The average molecular weight is 605 g/mol. The summed E-state index contributed by atoms with van der Waals surface area (Å²) < 4.78 is 0. The van der Waals surface area contributed by atoms with E-state index < -0.39 is 0 Å². The van der Waals surface area contributed by atoms with Crippen molar-refractivity contribution in [3.8, 4) is 0 Å². The summed E-state index contributed by atoms with van der Waals surface area (Å²) >= 11 is 0. The van der Waals surface area contributed by atoms with Crippen LogP contribution < -0.4 is 9.80 Å². The first-order valence-electron chi connectivity index (χ1n) is 16.3. The molecule has 0 saturated carbocycles. The fourth-order valence-corrected chi connectivity index (χ4v) is 7.05. The van der Waals surface area contributed by atoms with Crippen molar-refractivity contribution >= 4 is 60.8 Å². The van der Waals surface area contributed by atoms with E-state index in [-0.39, 0.29) is 5.54 Å². The van der Waals surface area contributed by atoms with E-state index in [9.17, 15) is 0 Å². The summed E-state index contributed by atoms with van der Waals surface area (Å²) in [7, 11) is 0. The first-order chi connectivity index (χ1) is 23.1. The van der Waals surface area contributed by atoms with Gasteiger partial charge in [-0.25, -0.2) is 0 Å². The molecule has 47 heavy (non-hydrogen) atoms. The van der Waals surface area contributed by atoms with Crippen molar-refractivity contribution in [1.82, 2.24) is 0 Å². The minimum absolute atomic E-state index is 0.323. The molecular formula is C45H36N2. The molecule has 8 aromatic carbocycles. The third-order valence-corrected chi connectivity index (χ3v) is 9.41. The van der Waals surface area contributed by atoms with E-state index in [1.807, 2.05) is 0 Å². The number of hydrogen-bond donors (Lipinski definition) is 0. The normalized spacial score (nSPS) is 11.6. The smallest absolute Gasteiger partial charge is 0.0646 e. The van der Waals surface area contributed by atoms with Crippen LogP contribution in [0.5, 0.6) is 0 Å². The Labute approximate surface area is 276 Å². The highest BCUT2D eigenvalue weighted by molar-refractivity contribution is 6.04. The predicted molar refractivity (Wildman–Crippen MR) is 202 cm³/mol. The summed E-state index contributed by atoms with van der Waals surface area (Å²) in [6.07, 6.45) is 0. The Hall–Kier alpha value is -5.86. The van der Waals surface area contributed by atoms with Gasteiger partial charge in [-0.15, -0.1) is 0 Å². The topological polar surface area (TPSA) is 6.48 Å².